The van der Waals surface area contributed by atoms with E-state index >= 15 is 0 Å². The minimum Gasteiger partial charge on any atom is -0.478 e. The van der Waals surface area contributed by atoms with E-state index in [2.05, 4.69) is 22.3 Å². The van der Waals surface area contributed by atoms with E-state index in [1.165, 1.54) is 24.5 Å². The van der Waals surface area contributed by atoms with Crippen molar-refractivity contribution in [3.8, 4) is 29.1 Å². The van der Waals surface area contributed by atoms with Crippen LogP contribution in [0.15, 0.2) is 57.7 Å². The van der Waals surface area contributed by atoms with Crippen LogP contribution >= 0.6 is 0 Å². The SMILES string of the molecule is O=C(NCC#CCOc1ccccc1F)c1cc(-c2ccco2)on1. The highest BCUT2D eigenvalue weighted by molar-refractivity contribution is 5.93. The molecular formula is C18H13FN2O4. The molecule has 0 saturated heterocycles. The Labute approximate surface area is 142 Å². The number of halogens is 1. The lowest BCUT2D eigenvalue weighted by Gasteiger charge is -2.01. The van der Waals surface area contributed by atoms with Crippen molar-refractivity contribution in [3.63, 3.8) is 0 Å². The molecule has 0 aliphatic carbocycles. The summed E-state index contributed by atoms with van der Waals surface area (Å²) in [6.45, 7) is 0.117. The number of amides is 1. The number of benzene rings is 1. The molecular weight excluding hydrogens is 327 g/mol. The fraction of sp³-hybridized carbons (Fsp3) is 0.111. The minimum absolute atomic E-state index is 0.0173. The van der Waals surface area contributed by atoms with E-state index < -0.39 is 11.7 Å². The summed E-state index contributed by atoms with van der Waals surface area (Å²) in [6.07, 6.45) is 1.50. The van der Waals surface area contributed by atoms with Crippen LogP contribution in [-0.2, 0) is 0 Å². The summed E-state index contributed by atoms with van der Waals surface area (Å²) >= 11 is 0. The summed E-state index contributed by atoms with van der Waals surface area (Å²) < 4.78 is 28.7. The van der Waals surface area contributed by atoms with E-state index in [9.17, 15) is 9.18 Å². The van der Waals surface area contributed by atoms with Crippen LogP contribution in [0.4, 0.5) is 4.39 Å². The van der Waals surface area contributed by atoms with Gasteiger partial charge in [0, 0.05) is 6.07 Å². The van der Waals surface area contributed by atoms with Crippen molar-refractivity contribution in [2.24, 2.45) is 0 Å². The quantitative estimate of drug-likeness (QED) is 0.723. The average molecular weight is 340 g/mol. The molecule has 1 aromatic carbocycles. The zero-order valence-electron chi connectivity index (χ0n) is 13.0. The van der Waals surface area contributed by atoms with Crippen LogP contribution in [0.1, 0.15) is 10.5 Å². The highest BCUT2D eigenvalue weighted by Gasteiger charge is 2.14. The fourth-order valence-corrected chi connectivity index (χ4v) is 1.92. The summed E-state index contributed by atoms with van der Waals surface area (Å²) in [5.74, 6) is 5.49. The number of para-hydroxylation sites is 1. The standard InChI is InChI=1S/C18H13FN2O4/c19-13-6-1-2-7-15(13)23-10-4-3-9-20-18(22)14-12-17(25-21-14)16-8-5-11-24-16/h1-2,5-8,11-12H,9-10H2,(H,20,22). The molecule has 7 heteroatoms. The van der Waals surface area contributed by atoms with Crippen LogP contribution < -0.4 is 10.1 Å². The zero-order chi connectivity index (χ0) is 17.5. The Hall–Kier alpha value is -3.53. The van der Waals surface area contributed by atoms with Gasteiger partial charge in [-0.25, -0.2) is 4.39 Å². The number of nitrogens with zero attached hydrogens (tertiary/aromatic N) is 1. The van der Waals surface area contributed by atoms with Crippen LogP contribution in [0.2, 0.25) is 0 Å². The number of ether oxygens (including phenoxy) is 1. The molecule has 1 amide bonds. The molecule has 126 valence electrons. The van der Waals surface area contributed by atoms with Gasteiger partial charge in [0.15, 0.2) is 23.0 Å². The molecule has 0 unspecified atom stereocenters. The van der Waals surface area contributed by atoms with Crippen molar-refractivity contribution >= 4 is 5.91 Å². The number of aromatic nitrogens is 1. The topological polar surface area (TPSA) is 77.5 Å². The zero-order valence-corrected chi connectivity index (χ0v) is 13.0. The van der Waals surface area contributed by atoms with Gasteiger partial charge in [0.1, 0.15) is 6.61 Å². The van der Waals surface area contributed by atoms with Gasteiger partial charge in [0.05, 0.1) is 12.8 Å². The number of carbonyl (C=O) groups is 1. The second-order valence-corrected chi connectivity index (χ2v) is 4.81. The van der Waals surface area contributed by atoms with Gasteiger partial charge < -0.3 is 19.0 Å². The second-order valence-electron chi connectivity index (χ2n) is 4.81. The third-order valence-electron chi connectivity index (χ3n) is 3.11. The molecule has 6 nitrogen and oxygen atoms in total. The number of hydrogen-bond donors (Lipinski definition) is 1. The molecule has 0 spiro atoms. The van der Waals surface area contributed by atoms with E-state index in [0.717, 1.165) is 0 Å². The molecule has 0 radical (unpaired) electrons. The van der Waals surface area contributed by atoms with E-state index in [1.54, 1.807) is 24.3 Å². The van der Waals surface area contributed by atoms with E-state index in [-0.39, 0.29) is 24.6 Å². The average Bonchev–Trinajstić information content (AvgIpc) is 3.30. The summed E-state index contributed by atoms with van der Waals surface area (Å²) in [5, 5.41) is 6.25. The van der Waals surface area contributed by atoms with Gasteiger partial charge in [-0.2, -0.15) is 0 Å². The van der Waals surface area contributed by atoms with Crippen LogP contribution in [0, 0.1) is 17.7 Å². The van der Waals surface area contributed by atoms with Crippen molar-refractivity contribution in [1.29, 1.82) is 0 Å². The van der Waals surface area contributed by atoms with Gasteiger partial charge in [-0.3, -0.25) is 4.79 Å². The van der Waals surface area contributed by atoms with Crippen LogP contribution in [0.25, 0.3) is 11.5 Å². The molecule has 1 N–H and O–H groups in total. The largest absolute Gasteiger partial charge is 0.478 e. The summed E-state index contributed by atoms with van der Waals surface area (Å²) in [7, 11) is 0. The molecule has 0 saturated carbocycles. The third-order valence-corrected chi connectivity index (χ3v) is 3.11. The molecule has 2 aromatic heterocycles. The van der Waals surface area contributed by atoms with E-state index in [4.69, 9.17) is 13.7 Å². The Morgan fingerprint density at radius 1 is 1.20 bits per heavy atom. The monoisotopic (exact) mass is 340 g/mol. The maximum Gasteiger partial charge on any atom is 0.274 e. The molecule has 0 fully saturated rings. The van der Waals surface area contributed by atoms with Crippen molar-refractivity contribution < 1.29 is 22.9 Å². The van der Waals surface area contributed by atoms with Crippen LogP contribution in [0.5, 0.6) is 5.75 Å². The smallest absolute Gasteiger partial charge is 0.274 e. The maximum atomic E-state index is 13.3. The van der Waals surface area contributed by atoms with Crippen molar-refractivity contribution in [2.75, 3.05) is 13.2 Å². The number of nitrogens with one attached hydrogen (secondary N) is 1. The van der Waals surface area contributed by atoms with Crippen LogP contribution in [0.3, 0.4) is 0 Å². The Morgan fingerprint density at radius 2 is 2.08 bits per heavy atom. The Kier molecular flexibility index (Phi) is 5.12. The summed E-state index contributed by atoms with van der Waals surface area (Å²) in [5.41, 5.74) is 0.121. The number of rotatable bonds is 5. The van der Waals surface area contributed by atoms with Crippen molar-refractivity contribution in [3.05, 3.63) is 60.2 Å². The van der Waals surface area contributed by atoms with Gasteiger partial charge in [-0.15, -0.1) is 0 Å². The van der Waals surface area contributed by atoms with Crippen LogP contribution in [-0.4, -0.2) is 24.2 Å². The molecule has 0 aliphatic heterocycles. The van der Waals surface area contributed by atoms with Gasteiger partial charge in [-0.1, -0.05) is 29.1 Å². The van der Waals surface area contributed by atoms with E-state index in [0.29, 0.717) is 11.5 Å². The first-order valence-corrected chi connectivity index (χ1v) is 7.36. The van der Waals surface area contributed by atoms with Crippen molar-refractivity contribution in [2.45, 2.75) is 0 Å². The maximum absolute atomic E-state index is 13.3. The first-order chi connectivity index (χ1) is 12.2. The Balaban J connectivity index is 1.45. The third kappa shape index (κ3) is 4.26. The molecule has 0 atom stereocenters. The summed E-state index contributed by atoms with van der Waals surface area (Å²) in [6, 6.07) is 10.9. The lowest BCUT2D eigenvalue weighted by Crippen LogP contribution is -2.23. The lowest BCUT2D eigenvalue weighted by molar-refractivity contribution is 0.0949. The minimum atomic E-state index is -0.448. The fourth-order valence-electron chi connectivity index (χ4n) is 1.92. The lowest BCUT2D eigenvalue weighted by atomic mass is 10.3. The van der Waals surface area contributed by atoms with Gasteiger partial charge in [0.25, 0.3) is 5.91 Å². The molecule has 0 aliphatic rings. The molecule has 3 aromatic rings. The first kappa shape index (κ1) is 16.3. The molecule has 25 heavy (non-hydrogen) atoms. The number of carbonyl (C=O) groups excluding carboxylic acids is 1. The predicted octanol–water partition coefficient (Wildman–Crippen LogP) is 2.89. The predicted molar refractivity (Wildman–Crippen MR) is 86.2 cm³/mol. The molecule has 3 rings (SSSR count). The molecule has 2 heterocycles. The first-order valence-electron chi connectivity index (χ1n) is 7.36. The van der Waals surface area contributed by atoms with Gasteiger partial charge in [0.2, 0.25) is 5.76 Å². The Morgan fingerprint density at radius 3 is 2.88 bits per heavy atom. The molecule has 0 bridgehead atoms. The van der Waals surface area contributed by atoms with Crippen molar-refractivity contribution in [1.82, 2.24) is 10.5 Å². The van der Waals surface area contributed by atoms with Gasteiger partial charge in [-0.05, 0) is 24.3 Å². The normalized spacial score (nSPS) is 9.96. The highest BCUT2D eigenvalue weighted by atomic mass is 19.1. The van der Waals surface area contributed by atoms with Gasteiger partial charge >= 0.3 is 0 Å². The highest BCUT2D eigenvalue weighted by Crippen LogP contribution is 2.20. The van der Waals surface area contributed by atoms with E-state index in [1.807, 2.05) is 0 Å². The Bertz CT molecular complexity index is 907. The number of furan rings is 1. The second kappa shape index (κ2) is 7.84. The summed E-state index contributed by atoms with van der Waals surface area (Å²) in [4.78, 5) is 11.9. The number of hydrogen-bond acceptors (Lipinski definition) is 5.